The molecular weight excluding hydrogens is 554 g/mol. The third kappa shape index (κ3) is 7.25. The van der Waals surface area contributed by atoms with Gasteiger partial charge >= 0.3 is 0 Å². The number of aryl methyl sites for hydroxylation is 1. The van der Waals surface area contributed by atoms with Crippen molar-refractivity contribution in [3.63, 3.8) is 0 Å². The van der Waals surface area contributed by atoms with Crippen molar-refractivity contribution in [3.8, 4) is 0 Å². The largest absolute Gasteiger partial charge is 0.330 e. The number of carbonyl (C=O) groups excluding carboxylic acids is 2. The van der Waals surface area contributed by atoms with Crippen molar-refractivity contribution in [1.29, 1.82) is 0 Å². The Morgan fingerprint density at radius 2 is 1.61 bits per heavy atom. The molecule has 0 unspecified atom stereocenters. The molecule has 7 heteroatoms. The van der Waals surface area contributed by atoms with Crippen LogP contribution < -0.4 is 0 Å². The van der Waals surface area contributed by atoms with Gasteiger partial charge in [-0.2, -0.15) is 0 Å². The third-order valence-corrected chi connectivity index (χ3v) is 11.5. The van der Waals surface area contributed by atoms with E-state index in [4.69, 9.17) is 11.6 Å². The highest BCUT2D eigenvalue weighted by atomic mass is 35.5. The first-order chi connectivity index (χ1) is 18.7. The number of piperidine rings is 1. The number of hydrogen-bond acceptors (Lipinski definition) is 4. The zero-order chi connectivity index (χ0) is 31.1. The maximum atomic E-state index is 14.8. The lowest BCUT2D eigenvalue weighted by molar-refractivity contribution is -0.158. The van der Waals surface area contributed by atoms with Crippen molar-refractivity contribution in [2.45, 2.75) is 105 Å². The zero-order valence-electron chi connectivity index (χ0n) is 26.4. The van der Waals surface area contributed by atoms with E-state index in [-0.39, 0.29) is 35.7 Å². The van der Waals surface area contributed by atoms with Gasteiger partial charge < -0.3 is 4.90 Å². The van der Waals surface area contributed by atoms with Gasteiger partial charge in [0.25, 0.3) is 0 Å². The second-order valence-electron chi connectivity index (χ2n) is 14.5. The normalized spacial score (nSPS) is 23.1. The predicted octanol–water partition coefficient (Wildman–Crippen LogP) is 7.96. The van der Waals surface area contributed by atoms with E-state index < -0.39 is 37.5 Å². The van der Waals surface area contributed by atoms with Crippen LogP contribution in [0.15, 0.2) is 48.5 Å². The molecule has 0 saturated carbocycles. The Balaban J connectivity index is 2.33. The van der Waals surface area contributed by atoms with Crippen molar-refractivity contribution in [2.75, 3.05) is 5.75 Å². The fourth-order valence-electron chi connectivity index (χ4n) is 5.70. The minimum atomic E-state index is -3.58. The molecule has 0 radical (unpaired) electrons. The Kier molecular flexibility index (Phi) is 9.62. The molecule has 0 aromatic heterocycles. The van der Waals surface area contributed by atoms with Crippen LogP contribution in [-0.2, 0) is 19.4 Å². The molecule has 1 aliphatic heterocycles. The standard InChI is InChI=1S/C34H48ClNO4S/c1-22(2)28(21-41(39,40)33(7,8)9)36-30(24-16-14-23(3)15-17-24)27(25-12-11-13-26(35)18-25)19-34(10,31(36)38)20-29(37)32(4,5)6/h11-18,22,27-28,30H,19-21H2,1-10H3/t27-,28-,30-,34-/m1/s1. The highest BCUT2D eigenvalue weighted by Gasteiger charge is 2.54. The number of benzene rings is 2. The minimum Gasteiger partial charge on any atom is -0.330 e. The molecule has 1 amide bonds. The molecule has 1 saturated heterocycles. The number of halogens is 1. The smallest absolute Gasteiger partial charge is 0.229 e. The van der Waals surface area contributed by atoms with Crippen LogP contribution in [0.25, 0.3) is 0 Å². The fourth-order valence-corrected chi connectivity index (χ4v) is 7.40. The Morgan fingerprint density at radius 1 is 1.02 bits per heavy atom. The summed E-state index contributed by atoms with van der Waals surface area (Å²) >= 11 is 6.50. The number of amides is 1. The molecule has 2 aromatic rings. The Labute approximate surface area is 253 Å². The van der Waals surface area contributed by atoms with Gasteiger partial charge in [-0.05, 0) is 63.3 Å². The van der Waals surface area contributed by atoms with E-state index in [0.717, 1.165) is 16.7 Å². The van der Waals surface area contributed by atoms with Gasteiger partial charge in [-0.25, -0.2) is 8.42 Å². The molecular formula is C34H48ClNO4S. The molecule has 0 bridgehead atoms. The summed E-state index contributed by atoms with van der Waals surface area (Å²) < 4.78 is 26.3. The van der Waals surface area contributed by atoms with E-state index in [1.807, 2.05) is 102 Å². The summed E-state index contributed by atoms with van der Waals surface area (Å²) in [6.45, 7) is 18.6. The Hall–Kier alpha value is -2.18. The molecule has 5 nitrogen and oxygen atoms in total. The number of likely N-dealkylation sites (tertiary alicyclic amines) is 1. The average Bonchev–Trinajstić information content (AvgIpc) is 2.83. The average molecular weight is 602 g/mol. The lowest BCUT2D eigenvalue weighted by atomic mass is 9.65. The monoisotopic (exact) mass is 601 g/mol. The number of hydrogen-bond donors (Lipinski definition) is 0. The molecule has 1 fully saturated rings. The summed E-state index contributed by atoms with van der Waals surface area (Å²) in [5, 5.41) is 0.594. The van der Waals surface area contributed by atoms with Gasteiger partial charge in [0.05, 0.1) is 22.0 Å². The van der Waals surface area contributed by atoms with Crippen LogP contribution in [0.3, 0.4) is 0 Å². The van der Waals surface area contributed by atoms with Crippen molar-refractivity contribution in [2.24, 2.45) is 16.7 Å². The molecule has 2 aromatic carbocycles. The van der Waals surface area contributed by atoms with Crippen LogP contribution in [0.5, 0.6) is 0 Å². The van der Waals surface area contributed by atoms with Crippen molar-refractivity contribution < 1.29 is 18.0 Å². The van der Waals surface area contributed by atoms with Gasteiger partial charge in [-0.1, -0.05) is 95.1 Å². The van der Waals surface area contributed by atoms with Gasteiger partial charge in [0.1, 0.15) is 5.78 Å². The summed E-state index contributed by atoms with van der Waals surface area (Å²) in [5.41, 5.74) is 1.38. The number of sulfone groups is 1. The van der Waals surface area contributed by atoms with Crippen molar-refractivity contribution >= 4 is 33.1 Å². The summed E-state index contributed by atoms with van der Waals surface area (Å²) in [5.74, 6) is -0.666. The molecule has 0 N–H and O–H groups in total. The molecule has 41 heavy (non-hydrogen) atoms. The van der Waals surface area contributed by atoms with Crippen LogP contribution in [0.2, 0.25) is 5.02 Å². The number of carbonyl (C=O) groups is 2. The summed E-state index contributed by atoms with van der Waals surface area (Å²) in [4.78, 5) is 30.1. The van der Waals surface area contributed by atoms with Gasteiger partial charge in [0, 0.05) is 28.8 Å². The van der Waals surface area contributed by atoms with Crippen LogP contribution in [0.1, 0.15) is 104 Å². The molecule has 4 atom stereocenters. The third-order valence-electron chi connectivity index (χ3n) is 8.64. The maximum absolute atomic E-state index is 14.8. The van der Waals surface area contributed by atoms with Crippen molar-refractivity contribution in [1.82, 2.24) is 4.90 Å². The minimum absolute atomic E-state index is 0.00957. The first kappa shape index (κ1) is 33.3. The van der Waals surface area contributed by atoms with Gasteiger partial charge in [-0.15, -0.1) is 0 Å². The van der Waals surface area contributed by atoms with E-state index in [9.17, 15) is 18.0 Å². The number of ketones is 1. The molecule has 226 valence electrons. The van der Waals surface area contributed by atoms with Crippen molar-refractivity contribution in [3.05, 3.63) is 70.2 Å². The van der Waals surface area contributed by atoms with E-state index in [0.29, 0.717) is 11.4 Å². The zero-order valence-corrected chi connectivity index (χ0v) is 28.0. The van der Waals surface area contributed by atoms with Crippen LogP contribution in [-0.4, -0.2) is 41.5 Å². The first-order valence-corrected chi connectivity index (χ1v) is 16.6. The van der Waals surface area contributed by atoms with Crippen LogP contribution in [0, 0.1) is 23.7 Å². The quantitative estimate of drug-likeness (QED) is 0.308. The van der Waals surface area contributed by atoms with Crippen LogP contribution in [0.4, 0.5) is 0 Å². The highest BCUT2D eigenvalue weighted by Crippen LogP contribution is 2.53. The number of nitrogens with zero attached hydrogens (tertiary/aromatic N) is 1. The van der Waals surface area contributed by atoms with Gasteiger partial charge in [0.15, 0.2) is 9.84 Å². The summed E-state index contributed by atoms with van der Waals surface area (Å²) in [7, 11) is -3.58. The second kappa shape index (κ2) is 11.8. The van der Waals surface area contributed by atoms with Gasteiger partial charge in [0.2, 0.25) is 5.91 Å². The molecule has 0 aliphatic carbocycles. The maximum Gasteiger partial charge on any atom is 0.229 e. The Morgan fingerprint density at radius 3 is 2.10 bits per heavy atom. The molecule has 0 spiro atoms. The van der Waals surface area contributed by atoms with E-state index in [2.05, 4.69) is 0 Å². The van der Waals surface area contributed by atoms with E-state index in [1.165, 1.54) is 0 Å². The van der Waals surface area contributed by atoms with E-state index in [1.54, 1.807) is 20.8 Å². The predicted molar refractivity (Wildman–Crippen MR) is 169 cm³/mol. The topological polar surface area (TPSA) is 71.5 Å². The Bertz CT molecular complexity index is 1370. The lowest BCUT2D eigenvalue weighted by Crippen LogP contribution is -2.59. The lowest BCUT2D eigenvalue weighted by Gasteiger charge is -2.53. The highest BCUT2D eigenvalue weighted by molar-refractivity contribution is 7.92. The molecule has 3 rings (SSSR count). The summed E-state index contributed by atoms with van der Waals surface area (Å²) in [6, 6.07) is 14.8. The SMILES string of the molecule is Cc1ccc([C@@H]2[C@@H](c3cccc(Cl)c3)C[C@](C)(CC(=O)C(C)(C)C)C(=O)N2[C@H](CS(=O)(=O)C(C)(C)C)C(C)C)cc1. The second-order valence-corrected chi connectivity index (χ2v) is 17.8. The van der Waals surface area contributed by atoms with E-state index >= 15 is 0 Å². The number of Topliss-reactive ketones (excluding diaryl/α,β-unsaturated/α-hetero) is 1. The van der Waals surface area contributed by atoms with Gasteiger partial charge in [-0.3, -0.25) is 9.59 Å². The van der Waals surface area contributed by atoms with Crippen LogP contribution >= 0.6 is 11.6 Å². The molecule has 1 aliphatic rings. The number of rotatable bonds is 8. The summed E-state index contributed by atoms with van der Waals surface area (Å²) in [6.07, 6.45) is 0.528. The molecule has 1 heterocycles. The first-order valence-electron chi connectivity index (χ1n) is 14.6. The fraction of sp³-hybridized carbons (Fsp3) is 0.588.